The molecular formula is C37H48N8O3. The molecule has 0 bridgehead atoms. The van der Waals surface area contributed by atoms with E-state index in [2.05, 4.69) is 69.2 Å². The third-order valence-electron chi connectivity index (χ3n) is 10.7. The number of nitrogens with zero attached hydrogens (tertiary/aromatic N) is 6. The highest BCUT2D eigenvalue weighted by atomic mass is 16.5. The molecule has 3 atom stereocenters. The number of allylic oxidation sites excluding steroid dienone is 2. The van der Waals surface area contributed by atoms with Gasteiger partial charge in [-0.1, -0.05) is 36.8 Å². The van der Waals surface area contributed by atoms with E-state index in [1.165, 1.54) is 31.0 Å². The number of likely N-dealkylation sites (N-methyl/N-ethyl adjacent to an activating group) is 1. The Hall–Kier alpha value is -4.51. The van der Waals surface area contributed by atoms with Crippen LogP contribution in [0, 0.1) is 5.92 Å². The van der Waals surface area contributed by atoms with Crippen LogP contribution in [-0.2, 0) is 22.4 Å². The molecule has 4 heterocycles. The number of imidazole rings is 1. The lowest BCUT2D eigenvalue weighted by Gasteiger charge is -2.41. The number of carbonyl (C=O) groups is 2. The van der Waals surface area contributed by atoms with Crippen molar-refractivity contribution >= 4 is 28.7 Å². The van der Waals surface area contributed by atoms with Crippen LogP contribution in [0.25, 0.3) is 11.0 Å². The summed E-state index contributed by atoms with van der Waals surface area (Å²) in [5.74, 6) is 2.29. The van der Waals surface area contributed by atoms with E-state index in [1.54, 1.807) is 16.0 Å². The number of nitrogens with one attached hydrogen (secondary N) is 1. The summed E-state index contributed by atoms with van der Waals surface area (Å²) in [4.78, 5) is 36.6. The Labute approximate surface area is 283 Å². The quantitative estimate of drug-likeness (QED) is 0.383. The number of methoxy groups -OCH3 is 1. The number of hydrogen-bond acceptors (Lipinski definition) is 8. The number of nitrogens with two attached hydrogens (primary N) is 1. The number of benzene rings is 2. The number of amides is 2. The lowest BCUT2D eigenvalue weighted by molar-refractivity contribution is -0.116. The van der Waals surface area contributed by atoms with E-state index < -0.39 is 5.91 Å². The Morgan fingerprint density at radius 1 is 1.02 bits per heavy atom. The molecule has 0 radical (unpaired) electrons. The van der Waals surface area contributed by atoms with Crippen LogP contribution in [0.1, 0.15) is 62.0 Å². The Bertz CT molecular complexity index is 1720. The first-order valence-corrected chi connectivity index (χ1v) is 17.4. The van der Waals surface area contributed by atoms with Crippen molar-refractivity contribution < 1.29 is 14.3 Å². The molecule has 2 amide bonds. The average molecular weight is 653 g/mol. The van der Waals surface area contributed by atoms with Gasteiger partial charge in [0.15, 0.2) is 0 Å². The normalized spacial score (nSPS) is 23.3. The van der Waals surface area contributed by atoms with Gasteiger partial charge in [0.25, 0.3) is 5.91 Å². The van der Waals surface area contributed by atoms with E-state index in [0.717, 1.165) is 93.2 Å². The molecule has 11 heteroatoms. The molecule has 7 rings (SSSR count). The standard InChI is InChI=1S/C37H48N8O3/c1-25-12-13-29-30(44(25)37(47)48-3)14-15-31-35(29)39-34(23-26-8-5-4-6-9-26)45(31)28-11-7-10-27(22-28)24-42-18-20-43(21-19-42)33-17-16-32(36(38)46)41(2)40-33/h4-6,8-9,14-17,25,27-28,40H,7,10-13,18-24H2,1-3H3,(H2,38,46)/t25-,27-,28-/m0/s1. The van der Waals surface area contributed by atoms with Crippen molar-refractivity contribution in [1.29, 1.82) is 0 Å². The predicted molar refractivity (Wildman–Crippen MR) is 187 cm³/mol. The van der Waals surface area contributed by atoms with Crippen LogP contribution in [0.2, 0.25) is 0 Å². The largest absolute Gasteiger partial charge is 0.452 e. The monoisotopic (exact) mass is 652 g/mol. The lowest BCUT2D eigenvalue weighted by Crippen LogP contribution is -2.52. The number of carbonyl (C=O) groups excluding carboxylic acids is 2. The third-order valence-corrected chi connectivity index (χ3v) is 10.7. The summed E-state index contributed by atoms with van der Waals surface area (Å²) in [5, 5.41) is 1.70. The first kappa shape index (κ1) is 32.1. The number of rotatable bonds is 7. The number of primary amides is 1. The second kappa shape index (κ2) is 13.5. The number of hydrogen-bond donors (Lipinski definition) is 2. The molecule has 48 heavy (non-hydrogen) atoms. The second-order valence-electron chi connectivity index (χ2n) is 13.8. The van der Waals surface area contributed by atoms with Gasteiger partial charge in [0.2, 0.25) is 0 Å². The molecule has 2 fully saturated rings. The van der Waals surface area contributed by atoms with E-state index >= 15 is 0 Å². The number of ether oxygens (including phenoxy) is 1. The first-order chi connectivity index (χ1) is 23.3. The van der Waals surface area contributed by atoms with Crippen LogP contribution < -0.4 is 16.1 Å². The number of aromatic nitrogens is 2. The van der Waals surface area contributed by atoms with Crippen molar-refractivity contribution in [2.45, 2.75) is 64.0 Å². The first-order valence-electron chi connectivity index (χ1n) is 17.4. The number of hydrazine groups is 1. The fourth-order valence-corrected chi connectivity index (χ4v) is 8.30. The Balaban J connectivity index is 1.10. The average Bonchev–Trinajstić information content (AvgIpc) is 3.46. The molecule has 11 nitrogen and oxygen atoms in total. The summed E-state index contributed by atoms with van der Waals surface area (Å²) in [6, 6.07) is 15.4. The van der Waals surface area contributed by atoms with Gasteiger partial charge in [-0.15, -0.1) is 0 Å². The number of anilines is 1. The summed E-state index contributed by atoms with van der Waals surface area (Å²) in [6.45, 7) is 7.07. The Kier molecular flexibility index (Phi) is 9.04. The van der Waals surface area contributed by atoms with Gasteiger partial charge >= 0.3 is 6.09 Å². The van der Waals surface area contributed by atoms with Gasteiger partial charge in [-0.2, -0.15) is 0 Å². The minimum Gasteiger partial charge on any atom is -0.452 e. The van der Waals surface area contributed by atoms with Crippen LogP contribution in [-0.4, -0.2) is 89.3 Å². The van der Waals surface area contributed by atoms with Gasteiger partial charge in [-0.25, -0.2) is 9.78 Å². The fourth-order valence-electron chi connectivity index (χ4n) is 8.30. The molecule has 1 aromatic heterocycles. The van der Waals surface area contributed by atoms with Crippen molar-refractivity contribution in [3.8, 4) is 0 Å². The lowest BCUT2D eigenvalue weighted by atomic mass is 9.84. The maximum Gasteiger partial charge on any atom is 0.414 e. The van der Waals surface area contributed by atoms with Gasteiger partial charge in [0.1, 0.15) is 17.3 Å². The number of piperazine rings is 1. The molecule has 3 aliphatic heterocycles. The van der Waals surface area contributed by atoms with Gasteiger partial charge < -0.3 is 19.9 Å². The van der Waals surface area contributed by atoms with Gasteiger partial charge in [-0.05, 0) is 74.8 Å². The smallest absolute Gasteiger partial charge is 0.414 e. The second-order valence-corrected chi connectivity index (χ2v) is 13.8. The SMILES string of the molecule is COC(=O)N1c2ccc3c(nc(Cc4ccccc4)n3[C@H]3CCC[C@H](CN4CCN(C5=CC=C(C(N)=O)N(C)N5)CC4)C3)c2CC[C@@H]1C. The molecule has 1 saturated heterocycles. The van der Waals surface area contributed by atoms with E-state index in [-0.39, 0.29) is 12.1 Å². The highest BCUT2D eigenvalue weighted by molar-refractivity contribution is 5.95. The zero-order chi connectivity index (χ0) is 33.4. The summed E-state index contributed by atoms with van der Waals surface area (Å²) in [7, 11) is 3.28. The van der Waals surface area contributed by atoms with Crippen molar-refractivity contribution in [3.63, 3.8) is 0 Å². The minimum absolute atomic E-state index is 0.0813. The van der Waals surface area contributed by atoms with Crippen molar-refractivity contribution in [2.75, 3.05) is 51.8 Å². The summed E-state index contributed by atoms with van der Waals surface area (Å²) in [6.07, 6.45) is 10.7. The highest BCUT2D eigenvalue weighted by Gasteiger charge is 2.34. The summed E-state index contributed by atoms with van der Waals surface area (Å²) in [5.41, 5.74) is 14.8. The maximum atomic E-state index is 12.8. The van der Waals surface area contributed by atoms with Crippen LogP contribution in [0.5, 0.6) is 0 Å². The number of aryl methyl sites for hydroxylation is 1. The van der Waals surface area contributed by atoms with E-state index in [0.29, 0.717) is 17.7 Å². The molecule has 0 unspecified atom stereocenters. The van der Waals surface area contributed by atoms with Gasteiger partial charge in [0, 0.05) is 63.8 Å². The van der Waals surface area contributed by atoms with Gasteiger partial charge in [0.05, 0.1) is 23.8 Å². The van der Waals surface area contributed by atoms with E-state index in [4.69, 9.17) is 15.5 Å². The molecular weight excluding hydrogens is 604 g/mol. The topological polar surface area (TPSA) is 112 Å². The molecule has 4 aliphatic rings. The Morgan fingerprint density at radius 2 is 1.81 bits per heavy atom. The molecule has 2 aromatic carbocycles. The Morgan fingerprint density at radius 3 is 2.54 bits per heavy atom. The molecule has 254 valence electrons. The summed E-state index contributed by atoms with van der Waals surface area (Å²) < 4.78 is 7.74. The summed E-state index contributed by atoms with van der Waals surface area (Å²) >= 11 is 0. The molecule has 1 aliphatic carbocycles. The van der Waals surface area contributed by atoms with Crippen molar-refractivity contribution in [3.05, 3.63) is 83.1 Å². The zero-order valence-electron chi connectivity index (χ0n) is 28.4. The molecule has 3 N–H and O–H groups in total. The van der Waals surface area contributed by atoms with Gasteiger partial charge in [-0.3, -0.25) is 25.0 Å². The molecule has 0 spiro atoms. The maximum absolute atomic E-state index is 12.8. The van der Waals surface area contributed by atoms with Crippen LogP contribution in [0.4, 0.5) is 10.5 Å². The zero-order valence-corrected chi connectivity index (χ0v) is 28.4. The third kappa shape index (κ3) is 6.23. The fraction of sp³-hybridized carbons (Fsp3) is 0.486. The van der Waals surface area contributed by atoms with Crippen molar-refractivity contribution in [1.82, 2.24) is 29.8 Å². The van der Waals surface area contributed by atoms with Crippen molar-refractivity contribution in [2.24, 2.45) is 11.7 Å². The van der Waals surface area contributed by atoms with Crippen LogP contribution >= 0.6 is 0 Å². The predicted octanol–water partition coefficient (Wildman–Crippen LogP) is 4.54. The van der Waals surface area contributed by atoms with E-state index in [9.17, 15) is 9.59 Å². The van der Waals surface area contributed by atoms with Crippen LogP contribution in [0.15, 0.2) is 66.1 Å². The molecule has 3 aromatic rings. The number of fused-ring (bicyclic) bond motifs is 3. The molecule has 1 saturated carbocycles. The minimum atomic E-state index is -0.439. The van der Waals surface area contributed by atoms with E-state index in [1.807, 2.05) is 13.1 Å². The van der Waals surface area contributed by atoms with Crippen LogP contribution in [0.3, 0.4) is 0 Å². The highest BCUT2D eigenvalue weighted by Crippen LogP contribution is 2.41.